The smallest absolute Gasteiger partial charge is 0.225 e. The third-order valence-corrected chi connectivity index (χ3v) is 3.67. The Hall–Kier alpha value is -2.88. The number of nitrogens with zero attached hydrogens (tertiary/aromatic N) is 1. The molecule has 1 aromatic heterocycles. The van der Waals surface area contributed by atoms with Crippen LogP contribution in [0.5, 0.6) is 5.75 Å². The molecule has 0 atom stereocenters. The summed E-state index contributed by atoms with van der Waals surface area (Å²) >= 11 is 0. The zero-order valence-corrected chi connectivity index (χ0v) is 13.0. The zero-order valence-electron chi connectivity index (χ0n) is 13.0. The van der Waals surface area contributed by atoms with Gasteiger partial charge in [-0.3, -0.25) is 4.79 Å². The summed E-state index contributed by atoms with van der Waals surface area (Å²) in [6, 6.07) is 19.4. The molecule has 1 N–H and O–H groups in total. The van der Waals surface area contributed by atoms with Gasteiger partial charge in [0.05, 0.1) is 12.6 Å². The van der Waals surface area contributed by atoms with Crippen molar-refractivity contribution in [3.63, 3.8) is 0 Å². The van der Waals surface area contributed by atoms with Gasteiger partial charge in [0.1, 0.15) is 11.6 Å². The molecule has 1 heterocycles. The van der Waals surface area contributed by atoms with Crippen molar-refractivity contribution < 1.29 is 9.53 Å². The minimum atomic E-state index is -0.0383. The van der Waals surface area contributed by atoms with Gasteiger partial charge >= 0.3 is 0 Å². The molecule has 0 unspecified atom stereocenters. The molecule has 0 fully saturated rings. The lowest BCUT2D eigenvalue weighted by atomic mass is 10.1. The average molecular weight is 306 g/mol. The number of carbonyl (C=O) groups excluding carboxylic acids is 1. The van der Waals surface area contributed by atoms with E-state index in [4.69, 9.17) is 4.74 Å². The van der Waals surface area contributed by atoms with Gasteiger partial charge in [-0.2, -0.15) is 0 Å². The molecule has 2 aromatic carbocycles. The Bertz CT molecular complexity index is 813. The van der Waals surface area contributed by atoms with Crippen molar-refractivity contribution >= 4 is 22.6 Å². The standard InChI is InChI=1S/C19H18N2O2/c1-23-16-10-6-14(7-11-16)8-13-19(22)21-18-12-9-15-4-2-3-5-17(15)20-18/h2-7,9-12H,8,13H2,1H3,(H,20,21,22). The summed E-state index contributed by atoms with van der Waals surface area (Å²) in [4.78, 5) is 16.5. The molecule has 0 aliphatic carbocycles. The van der Waals surface area contributed by atoms with Gasteiger partial charge in [0, 0.05) is 11.8 Å². The molecule has 3 rings (SSSR count). The van der Waals surface area contributed by atoms with Crippen molar-refractivity contribution in [2.45, 2.75) is 12.8 Å². The summed E-state index contributed by atoms with van der Waals surface area (Å²) in [5.41, 5.74) is 1.98. The fourth-order valence-electron chi connectivity index (χ4n) is 2.39. The minimum absolute atomic E-state index is 0.0383. The highest BCUT2D eigenvalue weighted by atomic mass is 16.5. The Labute approximate surface area is 135 Å². The van der Waals surface area contributed by atoms with E-state index in [0.717, 1.165) is 22.2 Å². The molecule has 0 bridgehead atoms. The number of aromatic nitrogens is 1. The highest BCUT2D eigenvalue weighted by Crippen LogP contribution is 2.15. The zero-order chi connectivity index (χ0) is 16.1. The van der Waals surface area contributed by atoms with Gasteiger partial charge in [0.25, 0.3) is 0 Å². The lowest BCUT2D eigenvalue weighted by Crippen LogP contribution is -2.13. The monoisotopic (exact) mass is 306 g/mol. The Kier molecular flexibility index (Phi) is 4.52. The van der Waals surface area contributed by atoms with E-state index in [1.54, 1.807) is 7.11 Å². The number of fused-ring (bicyclic) bond motifs is 1. The van der Waals surface area contributed by atoms with Gasteiger partial charge < -0.3 is 10.1 Å². The fraction of sp³-hybridized carbons (Fsp3) is 0.158. The Morgan fingerprint density at radius 2 is 1.83 bits per heavy atom. The number of para-hydroxylation sites is 1. The summed E-state index contributed by atoms with van der Waals surface area (Å²) in [5.74, 6) is 1.37. The number of methoxy groups -OCH3 is 1. The molecular formula is C19H18N2O2. The van der Waals surface area contributed by atoms with Gasteiger partial charge in [-0.15, -0.1) is 0 Å². The number of benzene rings is 2. The van der Waals surface area contributed by atoms with Gasteiger partial charge in [0.2, 0.25) is 5.91 Å². The molecule has 0 saturated heterocycles. The molecule has 1 amide bonds. The minimum Gasteiger partial charge on any atom is -0.497 e. The first-order valence-electron chi connectivity index (χ1n) is 7.53. The van der Waals surface area contributed by atoms with Crippen LogP contribution in [0.2, 0.25) is 0 Å². The van der Waals surface area contributed by atoms with Crippen molar-refractivity contribution in [3.05, 3.63) is 66.2 Å². The summed E-state index contributed by atoms with van der Waals surface area (Å²) in [6.45, 7) is 0. The molecule has 0 radical (unpaired) electrons. The molecule has 4 heteroatoms. The summed E-state index contributed by atoms with van der Waals surface area (Å²) in [7, 11) is 1.64. The fourth-order valence-corrected chi connectivity index (χ4v) is 2.39. The van der Waals surface area contributed by atoms with Crippen molar-refractivity contribution in [1.82, 2.24) is 4.98 Å². The number of aryl methyl sites for hydroxylation is 1. The van der Waals surface area contributed by atoms with Crippen LogP contribution in [-0.4, -0.2) is 18.0 Å². The largest absolute Gasteiger partial charge is 0.497 e. The lowest BCUT2D eigenvalue weighted by molar-refractivity contribution is -0.116. The van der Waals surface area contributed by atoms with Crippen molar-refractivity contribution in [2.24, 2.45) is 0 Å². The first kappa shape index (κ1) is 15.0. The van der Waals surface area contributed by atoms with Crippen LogP contribution in [0, 0.1) is 0 Å². The maximum atomic E-state index is 12.1. The third-order valence-electron chi connectivity index (χ3n) is 3.67. The summed E-state index contributed by atoms with van der Waals surface area (Å²) in [5, 5.41) is 3.91. The van der Waals surface area contributed by atoms with Crippen molar-refractivity contribution in [2.75, 3.05) is 12.4 Å². The van der Waals surface area contributed by atoms with E-state index in [9.17, 15) is 4.79 Å². The predicted molar refractivity (Wildman–Crippen MR) is 91.7 cm³/mol. The van der Waals surface area contributed by atoms with Crippen LogP contribution < -0.4 is 10.1 Å². The topological polar surface area (TPSA) is 51.2 Å². The van der Waals surface area contributed by atoms with Crippen LogP contribution >= 0.6 is 0 Å². The van der Waals surface area contributed by atoms with Gasteiger partial charge in [-0.25, -0.2) is 4.98 Å². The molecule has 116 valence electrons. The Morgan fingerprint density at radius 1 is 1.04 bits per heavy atom. The number of anilines is 1. The predicted octanol–water partition coefficient (Wildman–Crippen LogP) is 3.81. The first-order valence-corrected chi connectivity index (χ1v) is 7.53. The number of pyridine rings is 1. The second-order valence-corrected chi connectivity index (χ2v) is 5.29. The molecule has 0 saturated carbocycles. The molecule has 3 aromatic rings. The SMILES string of the molecule is COc1ccc(CCC(=O)Nc2ccc3ccccc3n2)cc1. The van der Waals surface area contributed by atoms with E-state index in [0.29, 0.717) is 18.7 Å². The van der Waals surface area contributed by atoms with Crippen LogP contribution in [0.4, 0.5) is 5.82 Å². The molecule has 0 aliphatic heterocycles. The Morgan fingerprint density at radius 3 is 2.61 bits per heavy atom. The van der Waals surface area contributed by atoms with Crippen molar-refractivity contribution in [1.29, 1.82) is 0 Å². The number of rotatable bonds is 5. The molecule has 23 heavy (non-hydrogen) atoms. The highest BCUT2D eigenvalue weighted by molar-refractivity contribution is 5.91. The van der Waals surface area contributed by atoms with E-state index >= 15 is 0 Å². The Balaban J connectivity index is 1.59. The molecule has 0 aliphatic rings. The number of hydrogen-bond donors (Lipinski definition) is 1. The number of amides is 1. The van der Waals surface area contributed by atoms with Crippen LogP contribution in [0.3, 0.4) is 0 Å². The van der Waals surface area contributed by atoms with E-state index in [-0.39, 0.29) is 5.91 Å². The van der Waals surface area contributed by atoms with E-state index < -0.39 is 0 Å². The maximum Gasteiger partial charge on any atom is 0.225 e. The second-order valence-electron chi connectivity index (χ2n) is 5.29. The highest BCUT2D eigenvalue weighted by Gasteiger charge is 2.05. The number of carbonyl (C=O) groups is 1. The summed E-state index contributed by atoms with van der Waals surface area (Å²) in [6.07, 6.45) is 1.10. The van der Waals surface area contributed by atoms with Crippen LogP contribution in [0.15, 0.2) is 60.7 Å². The maximum absolute atomic E-state index is 12.1. The number of hydrogen-bond acceptors (Lipinski definition) is 3. The first-order chi connectivity index (χ1) is 11.2. The molecule has 4 nitrogen and oxygen atoms in total. The lowest BCUT2D eigenvalue weighted by Gasteiger charge is -2.06. The number of ether oxygens (including phenoxy) is 1. The molecular weight excluding hydrogens is 288 g/mol. The van der Waals surface area contributed by atoms with Gasteiger partial charge in [0.15, 0.2) is 0 Å². The van der Waals surface area contributed by atoms with Gasteiger partial charge in [-0.1, -0.05) is 30.3 Å². The number of nitrogens with one attached hydrogen (secondary N) is 1. The quantitative estimate of drug-likeness (QED) is 0.779. The molecule has 0 spiro atoms. The van der Waals surface area contributed by atoms with E-state index in [1.807, 2.05) is 60.7 Å². The van der Waals surface area contributed by atoms with Crippen LogP contribution in [0.1, 0.15) is 12.0 Å². The van der Waals surface area contributed by atoms with Crippen molar-refractivity contribution in [3.8, 4) is 5.75 Å². The second kappa shape index (κ2) is 6.92. The van der Waals surface area contributed by atoms with E-state index in [2.05, 4.69) is 10.3 Å². The average Bonchev–Trinajstić information content (AvgIpc) is 2.60. The van der Waals surface area contributed by atoms with Gasteiger partial charge in [-0.05, 0) is 42.3 Å². The van der Waals surface area contributed by atoms with Crippen LogP contribution in [0.25, 0.3) is 10.9 Å². The van der Waals surface area contributed by atoms with Crippen LogP contribution in [-0.2, 0) is 11.2 Å². The summed E-state index contributed by atoms with van der Waals surface area (Å²) < 4.78 is 5.12. The van der Waals surface area contributed by atoms with E-state index in [1.165, 1.54) is 0 Å². The third kappa shape index (κ3) is 3.86. The normalized spacial score (nSPS) is 10.5.